The molecule has 6 rings (SSSR count). The first kappa shape index (κ1) is 46.1. The van der Waals surface area contributed by atoms with Crippen LogP contribution in [0.1, 0.15) is 41.5 Å². The highest BCUT2D eigenvalue weighted by atomic mass is 35.5. The maximum absolute atomic E-state index is 14.7. The van der Waals surface area contributed by atoms with E-state index in [-0.39, 0.29) is 90.8 Å². The van der Waals surface area contributed by atoms with Crippen molar-refractivity contribution in [3.8, 4) is 22.8 Å². The van der Waals surface area contributed by atoms with Crippen LogP contribution in [0.5, 0.6) is 0 Å². The van der Waals surface area contributed by atoms with Crippen molar-refractivity contribution in [2.24, 2.45) is 0 Å². The summed E-state index contributed by atoms with van der Waals surface area (Å²) in [7, 11) is 0. The highest BCUT2D eigenvalue weighted by molar-refractivity contribution is 6.42. The molecule has 0 saturated carbocycles. The van der Waals surface area contributed by atoms with E-state index in [1.807, 2.05) is 0 Å². The van der Waals surface area contributed by atoms with Crippen LogP contribution >= 0.6 is 34.8 Å². The molecule has 0 radical (unpaired) electrons. The second kappa shape index (κ2) is 19.1. The minimum atomic E-state index is -1.42. The molecule has 15 nitrogen and oxygen atoms in total. The molecule has 2 saturated heterocycles. The van der Waals surface area contributed by atoms with Gasteiger partial charge < -0.3 is 34.1 Å². The number of aromatic amines is 1. The van der Waals surface area contributed by atoms with Gasteiger partial charge in [-0.2, -0.15) is 8.78 Å². The summed E-state index contributed by atoms with van der Waals surface area (Å²) < 4.78 is 66.9. The summed E-state index contributed by atoms with van der Waals surface area (Å²) in [5.41, 5.74) is -1.39. The first-order valence-electron chi connectivity index (χ1n) is 18.6. The van der Waals surface area contributed by atoms with Crippen LogP contribution < -0.4 is 15.4 Å². The number of nitrogens with zero attached hydrogens (tertiary/aromatic N) is 9. The second-order valence-corrected chi connectivity index (χ2v) is 16.8. The van der Waals surface area contributed by atoms with Crippen molar-refractivity contribution >= 4 is 58.6 Å². The molecule has 2 aliphatic heterocycles. The van der Waals surface area contributed by atoms with E-state index in [9.17, 15) is 31.9 Å². The van der Waals surface area contributed by atoms with Crippen molar-refractivity contribution in [3.63, 3.8) is 0 Å². The van der Waals surface area contributed by atoms with E-state index in [0.717, 1.165) is 12.1 Å². The molecule has 22 heteroatoms. The molecule has 324 valence electrons. The van der Waals surface area contributed by atoms with Gasteiger partial charge in [0.25, 0.3) is 5.56 Å². The Morgan fingerprint density at radius 2 is 1.17 bits per heavy atom. The third-order valence-corrected chi connectivity index (χ3v) is 9.54. The molecular weight excluding hydrogens is 859 g/mol. The zero-order valence-electron chi connectivity index (χ0n) is 33.5. The summed E-state index contributed by atoms with van der Waals surface area (Å²) in [6.45, 7) is 10.7. The van der Waals surface area contributed by atoms with E-state index < -0.39 is 53.2 Å². The first-order valence-corrected chi connectivity index (χ1v) is 19.7. The average Bonchev–Trinajstić information content (AvgIpc) is 3.48. The summed E-state index contributed by atoms with van der Waals surface area (Å²) in [6.07, 6.45) is -1.48. The molecule has 2 amide bonds. The van der Waals surface area contributed by atoms with Crippen LogP contribution in [0.2, 0.25) is 15.2 Å². The highest BCUT2D eigenvalue weighted by Crippen LogP contribution is 2.33. The lowest BCUT2D eigenvalue weighted by molar-refractivity contribution is 0.0220. The van der Waals surface area contributed by atoms with Gasteiger partial charge in [-0.25, -0.2) is 43.3 Å². The maximum Gasteiger partial charge on any atom is 0.410 e. The molecule has 4 aromatic rings. The lowest BCUT2D eigenvalue weighted by atomic mass is 10.2. The number of nitrogens with one attached hydrogen (secondary N) is 1. The fourth-order valence-electron chi connectivity index (χ4n) is 5.92. The number of amides is 2. The Labute approximate surface area is 358 Å². The number of carbonyl (C=O) groups excluding carboxylic acids is 2. The molecule has 4 aromatic heterocycles. The predicted octanol–water partition coefficient (Wildman–Crippen LogP) is 7.40. The molecule has 60 heavy (non-hydrogen) atoms. The van der Waals surface area contributed by atoms with Gasteiger partial charge in [-0.1, -0.05) is 34.8 Å². The van der Waals surface area contributed by atoms with Crippen molar-refractivity contribution in [3.05, 3.63) is 74.1 Å². The molecule has 2 unspecified atom stereocenters. The summed E-state index contributed by atoms with van der Waals surface area (Å²) in [5, 5.41) is -0.211. The number of hydrogen-bond acceptors (Lipinski definition) is 12. The van der Waals surface area contributed by atoms with Crippen molar-refractivity contribution in [1.82, 2.24) is 39.7 Å². The van der Waals surface area contributed by atoms with E-state index in [0.29, 0.717) is 11.1 Å². The molecule has 0 spiro atoms. The Morgan fingerprint density at radius 3 is 1.65 bits per heavy atom. The van der Waals surface area contributed by atoms with Gasteiger partial charge in [-0.05, 0) is 53.7 Å². The van der Waals surface area contributed by atoms with Gasteiger partial charge in [0.05, 0.1) is 26.2 Å². The lowest BCUT2D eigenvalue weighted by Gasteiger charge is -2.26. The van der Waals surface area contributed by atoms with Gasteiger partial charge in [-0.3, -0.25) is 4.79 Å². The van der Waals surface area contributed by atoms with E-state index in [2.05, 4.69) is 29.9 Å². The minimum Gasteiger partial charge on any atom is -0.444 e. The smallest absolute Gasteiger partial charge is 0.410 e. The third-order valence-electron chi connectivity index (χ3n) is 8.48. The zero-order valence-corrected chi connectivity index (χ0v) is 35.8. The minimum absolute atomic E-state index is 0.0439. The van der Waals surface area contributed by atoms with Crippen LogP contribution in [0.15, 0.2) is 41.5 Å². The van der Waals surface area contributed by atoms with Crippen molar-refractivity contribution in [1.29, 1.82) is 0 Å². The number of ether oxygens (including phenoxy) is 2. The predicted molar refractivity (Wildman–Crippen MR) is 218 cm³/mol. The maximum atomic E-state index is 14.7. The van der Waals surface area contributed by atoms with E-state index in [4.69, 9.17) is 44.3 Å². The van der Waals surface area contributed by atoms with Crippen LogP contribution in [-0.2, 0) is 9.47 Å². The van der Waals surface area contributed by atoms with E-state index >= 15 is 0 Å². The zero-order chi connectivity index (χ0) is 44.1. The number of halogens is 7. The Balaban J connectivity index is 0.000000228. The number of hydrogen-bond donors (Lipinski definition) is 1. The quantitative estimate of drug-likeness (QED) is 0.123. The Hall–Kier alpha value is -5.01. The van der Waals surface area contributed by atoms with Crippen molar-refractivity contribution < 1.29 is 36.6 Å². The second-order valence-electron chi connectivity index (χ2n) is 15.7. The molecule has 2 aliphatic rings. The van der Waals surface area contributed by atoms with Crippen LogP contribution in [0, 0.1) is 11.9 Å². The number of H-pyrrole nitrogens is 1. The lowest BCUT2D eigenvalue weighted by Crippen LogP contribution is -2.40. The van der Waals surface area contributed by atoms with Crippen molar-refractivity contribution in [2.75, 3.05) is 62.2 Å². The first-order chi connectivity index (χ1) is 28.1. The molecule has 6 heterocycles. The molecule has 2 atom stereocenters. The summed E-state index contributed by atoms with van der Waals surface area (Å²) >= 11 is 18.6. The van der Waals surface area contributed by atoms with Crippen LogP contribution in [0.4, 0.5) is 38.8 Å². The Bertz CT molecular complexity index is 2250. The highest BCUT2D eigenvalue weighted by Gasteiger charge is 2.32. The van der Waals surface area contributed by atoms with E-state index in [1.165, 1.54) is 39.2 Å². The van der Waals surface area contributed by atoms with Gasteiger partial charge in [0.2, 0.25) is 11.9 Å². The fourth-order valence-corrected chi connectivity index (χ4v) is 6.50. The molecule has 1 N–H and O–H groups in total. The van der Waals surface area contributed by atoms with Gasteiger partial charge in [0.1, 0.15) is 39.4 Å². The van der Waals surface area contributed by atoms with Crippen molar-refractivity contribution in [2.45, 2.75) is 65.1 Å². The van der Waals surface area contributed by atoms with Crippen LogP contribution in [-0.4, -0.2) is 128 Å². The molecular formula is C38H43Cl3F4N10O5. The standard InChI is InChI=1S/C19H21Cl2F2N5O2.C19H22ClF2N5O3/c1-19(2,3)30-18(29)28-7-6-27(9-12(22)10-28)17-14(20)15(21)25-16(26-17)11-4-5-24-13(23)8-11;1-19(2,3)30-18(29)27-7-6-26(9-12(21)10-27)16-14(20)17(28)25-15(24-16)11-4-5-23-13(22)8-11/h4-5,8,12H,6-7,9-10H2,1-3H3;4-5,8,12H,6-7,9-10H2,1-3H3,(H,24,25,28). The number of aromatic nitrogens is 6. The van der Waals surface area contributed by atoms with Gasteiger partial charge in [0, 0.05) is 61.8 Å². The average molecular weight is 902 g/mol. The molecule has 0 aromatic carbocycles. The van der Waals surface area contributed by atoms with Crippen LogP contribution in [0.25, 0.3) is 22.8 Å². The molecule has 0 bridgehead atoms. The number of anilines is 2. The molecule has 0 aliphatic carbocycles. The van der Waals surface area contributed by atoms with E-state index in [1.54, 1.807) is 46.4 Å². The number of carbonyl (C=O) groups is 2. The number of pyridine rings is 2. The molecule has 2 fully saturated rings. The number of rotatable bonds is 4. The SMILES string of the molecule is CC(C)(C)OC(=O)N1CCN(c2nc(-c3ccnc(F)c3)[nH]c(=O)c2Cl)CC(F)C1.CC(C)(C)OC(=O)N1CCN(c2nc(-c3ccnc(F)c3)nc(Cl)c2Cl)CC(F)C1. The number of alkyl halides is 2. The third kappa shape index (κ3) is 12.5. The topological polar surface area (TPSA) is 163 Å². The van der Waals surface area contributed by atoms with Crippen LogP contribution in [0.3, 0.4) is 0 Å². The fraction of sp³-hybridized carbons (Fsp3) is 0.474. The van der Waals surface area contributed by atoms with Gasteiger partial charge >= 0.3 is 12.2 Å². The van der Waals surface area contributed by atoms with Gasteiger partial charge in [-0.15, -0.1) is 0 Å². The summed E-state index contributed by atoms with van der Waals surface area (Å²) in [5.74, 6) is -0.971. The Kier molecular flexibility index (Phi) is 14.7. The summed E-state index contributed by atoms with van der Waals surface area (Å²) in [4.78, 5) is 64.9. The monoisotopic (exact) mass is 900 g/mol. The largest absolute Gasteiger partial charge is 0.444 e. The van der Waals surface area contributed by atoms with Gasteiger partial charge in [0.15, 0.2) is 22.6 Å². The Morgan fingerprint density at radius 1 is 0.700 bits per heavy atom. The normalized spacial score (nSPS) is 17.6. The summed E-state index contributed by atoms with van der Waals surface area (Å²) in [6, 6.07) is 5.27.